The largest absolute Gasteiger partial charge is 0.493 e. The molecule has 0 radical (unpaired) electrons. The number of aryl methyl sites for hydroxylation is 1. The lowest BCUT2D eigenvalue weighted by Crippen LogP contribution is -2.20. The number of para-hydroxylation sites is 1. The zero-order chi connectivity index (χ0) is 24.8. The van der Waals surface area contributed by atoms with Crippen molar-refractivity contribution < 1.29 is 23.5 Å². The Bertz CT molecular complexity index is 1360. The van der Waals surface area contributed by atoms with Crippen LogP contribution in [0.4, 0.5) is 5.69 Å². The highest BCUT2D eigenvalue weighted by molar-refractivity contribution is 14.1. The maximum Gasteiger partial charge on any atom is 0.307 e. The van der Waals surface area contributed by atoms with E-state index >= 15 is 0 Å². The van der Waals surface area contributed by atoms with Crippen LogP contribution in [0.5, 0.6) is 11.5 Å². The van der Waals surface area contributed by atoms with Crippen LogP contribution in [0.25, 0.3) is 11.0 Å². The van der Waals surface area contributed by atoms with Crippen LogP contribution >= 0.6 is 22.6 Å². The summed E-state index contributed by atoms with van der Waals surface area (Å²) < 4.78 is 17.4. The molecule has 2 N–H and O–H groups in total. The molecule has 4 aromatic rings. The van der Waals surface area contributed by atoms with Crippen LogP contribution in [0.3, 0.4) is 0 Å². The van der Waals surface area contributed by atoms with E-state index in [-0.39, 0.29) is 18.3 Å². The fraction of sp³-hybridized carbons (Fsp3) is 0.115. The number of hydrogen-bond donors (Lipinski definition) is 2. The van der Waals surface area contributed by atoms with Gasteiger partial charge >= 0.3 is 5.91 Å². The lowest BCUT2D eigenvalue weighted by Gasteiger charge is -2.13. The number of anilines is 1. The smallest absolute Gasteiger partial charge is 0.307 e. The van der Waals surface area contributed by atoms with Crippen molar-refractivity contribution in [3.05, 3.63) is 87.2 Å². The zero-order valence-electron chi connectivity index (χ0n) is 19.0. The molecular formula is C26H22IN3O5. The Balaban J connectivity index is 1.38. The van der Waals surface area contributed by atoms with Crippen molar-refractivity contribution in [1.29, 1.82) is 0 Å². The number of carbonyl (C=O) groups is 2. The predicted molar refractivity (Wildman–Crippen MR) is 142 cm³/mol. The Morgan fingerprint density at radius 2 is 1.86 bits per heavy atom. The van der Waals surface area contributed by atoms with Gasteiger partial charge in [-0.3, -0.25) is 9.59 Å². The highest BCUT2D eigenvalue weighted by Gasteiger charge is 2.14. The average molecular weight is 583 g/mol. The summed E-state index contributed by atoms with van der Waals surface area (Å²) in [6.07, 6.45) is 1.49. The number of nitrogens with zero attached hydrogens (tertiary/aromatic N) is 1. The summed E-state index contributed by atoms with van der Waals surface area (Å²) in [5.41, 5.74) is 5.56. The van der Waals surface area contributed by atoms with Crippen molar-refractivity contribution in [2.75, 3.05) is 19.0 Å². The van der Waals surface area contributed by atoms with Gasteiger partial charge in [0.25, 0.3) is 5.91 Å². The van der Waals surface area contributed by atoms with Gasteiger partial charge in [-0.05, 0) is 71.5 Å². The number of nitrogens with one attached hydrogen (secondary N) is 2. The highest BCUT2D eigenvalue weighted by atomic mass is 127. The number of hydrogen-bond acceptors (Lipinski definition) is 6. The molecule has 2 amide bonds. The third kappa shape index (κ3) is 6.18. The molecule has 0 unspecified atom stereocenters. The third-order valence-corrected chi connectivity index (χ3v) is 5.77. The van der Waals surface area contributed by atoms with Crippen LogP contribution < -0.4 is 20.2 Å². The summed E-state index contributed by atoms with van der Waals surface area (Å²) >= 11 is 2.09. The first-order valence-corrected chi connectivity index (χ1v) is 11.7. The van der Waals surface area contributed by atoms with Crippen LogP contribution in [0, 0.1) is 10.5 Å². The minimum atomic E-state index is -0.460. The third-order valence-electron chi connectivity index (χ3n) is 4.96. The van der Waals surface area contributed by atoms with Gasteiger partial charge in [-0.2, -0.15) is 5.10 Å². The van der Waals surface area contributed by atoms with Gasteiger partial charge in [-0.15, -0.1) is 0 Å². The summed E-state index contributed by atoms with van der Waals surface area (Å²) in [4.78, 5) is 24.6. The Morgan fingerprint density at radius 3 is 2.60 bits per heavy atom. The lowest BCUT2D eigenvalue weighted by molar-refractivity contribution is -0.118. The van der Waals surface area contributed by atoms with Crippen LogP contribution in [0.15, 0.2) is 76.2 Å². The van der Waals surface area contributed by atoms with E-state index in [1.165, 1.54) is 13.3 Å². The van der Waals surface area contributed by atoms with Crippen LogP contribution in [-0.4, -0.2) is 31.7 Å². The zero-order valence-corrected chi connectivity index (χ0v) is 21.2. The van der Waals surface area contributed by atoms with E-state index in [0.717, 1.165) is 14.5 Å². The van der Waals surface area contributed by atoms with Gasteiger partial charge in [0.15, 0.2) is 23.9 Å². The summed E-state index contributed by atoms with van der Waals surface area (Å²) in [5, 5.41) is 7.64. The van der Waals surface area contributed by atoms with E-state index in [9.17, 15) is 9.59 Å². The summed E-state index contributed by atoms with van der Waals surface area (Å²) in [5.74, 6) is 0.299. The van der Waals surface area contributed by atoms with E-state index in [1.54, 1.807) is 24.3 Å². The van der Waals surface area contributed by atoms with E-state index in [4.69, 9.17) is 13.9 Å². The topological polar surface area (TPSA) is 102 Å². The van der Waals surface area contributed by atoms with Crippen molar-refractivity contribution >= 4 is 57.3 Å². The molecule has 3 aromatic carbocycles. The van der Waals surface area contributed by atoms with E-state index in [1.807, 2.05) is 49.4 Å². The van der Waals surface area contributed by atoms with Crippen molar-refractivity contribution in [3.63, 3.8) is 0 Å². The molecule has 0 saturated carbocycles. The molecule has 8 nitrogen and oxygen atoms in total. The molecule has 0 fully saturated rings. The van der Waals surface area contributed by atoms with Crippen molar-refractivity contribution in [2.45, 2.75) is 6.92 Å². The quantitative estimate of drug-likeness (QED) is 0.170. The minimum absolute atomic E-state index is 0.170. The molecule has 1 heterocycles. The second kappa shape index (κ2) is 11.0. The van der Waals surface area contributed by atoms with Gasteiger partial charge in [-0.25, -0.2) is 5.43 Å². The normalized spacial score (nSPS) is 10.9. The van der Waals surface area contributed by atoms with Crippen molar-refractivity contribution in [1.82, 2.24) is 5.43 Å². The van der Waals surface area contributed by atoms with Gasteiger partial charge in [-0.1, -0.05) is 35.9 Å². The molecule has 0 bridgehead atoms. The second-order valence-electron chi connectivity index (χ2n) is 7.58. The second-order valence-corrected chi connectivity index (χ2v) is 8.75. The molecule has 1 aromatic heterocycles. The standard InChI is InChI=1S/C26H22IN3O5/c1-16-7-9-19(10-8-16)29-24(31)15-34-25-20(27)11-17(12-22(25)33-2)14-28-30-26(32)23-13-18-5-3-4-6-21(18)35-23/h3-14H,15H2,1-2H3,(H,29,31)(H,30,32)/b28-14+. The number of amides is 2. The van der Waals surface area contributed by atoms with Gasteiger partial charge in [0.05, 0.1) is 16.9 Å². The lowest BCUT2D eigenvalue weighted by atomic mass is 10.2. The SMILES string of the molecule is COc1cc(/C=N/NC(=O)c2cc3ccccc3o2)cc(I)c1OCC(=O)Nc1ccc(C)cc1. The number of halogens is 1. The molecule has 0 aliphatic rings. The van der Waals surface area contributed by atoms with E-state index in [0.29, 0.717) is 28.3 Å². The first-order valence-electron chi connectivity index (χ1n) is 10.6. The monoisotopic (exact) mass is 583 g/mol. The number of hydrazone groups is 1. The molecule has 0 aliphatic carbocycles. The number of benzene rings is 3. The average Bonchev–Trinajstić information content (AvgIpc) is 3.29. The first-order chi connectivity index (χ1) is 16.9. The summed E-state index contributed by atoms with van der Waals surface area (Å²) in [6, 6.07) is 20.0. The van der Waals surface area contributed by atoms with E-state index in [2.05, 4.69) is 38.4 Å². The van der Waals surface area contributed by atoms with E-state index < -0.39 is 5.91 Å². The number of ether oxygens (including phenoxy) is 2. The molecular weight excluding hydrogens is 561 g/mol. The van der Waals surface area contributed by atoms with Gasteiger partial charge < -0.3 is 19.2 Å². The molecule has 0 atom stereocenters. The van der Waals surface area contributed by atoms with Crippen LogP contribution in [0.2, 0.25) is 0 Å². The summed E-state index contributed by atoms with van der Waals surface area (Å²) in [6.45, 7) is 1.80. The molecule has 0 spiro atoms. The fourth-order valence-electron chi connectivity index (χ4n) is 3.24. The minimum Gasteiger partial charge on any atom is -0.493 e. The van der Waals surface area contributed by atoms with Crippen molar-refractivity contribution in [3.8, 4) is 11.5 Å². The highest BCUT2D eigenvalue weighted by Crippen LogP contribution is 2.33. The van der Waals surface area contributed by atoms with Crippen molar-refractivity contribution in [2.24, 2.45) is 5.10 Å². The molecule has 9 heteroatoms. The molecule has 0 aliphatic heterocycles. The predicted octanol–water partition coefficient (Wildman–Crippen LogP) is 5.14. The Labute approximate surface area is 215 Å². The molecule has 0 saturated heterocycles. The fourth-order valence-corrected chi connectivity index (χ4v) is 4.02. The Kier molecular flexibility index (Phi) is 7.66. The number of fused-ring (bicyclic) bond motifs is 1. The number of carbonyl (C=O) groups excluding carboxylic acids is 2. The maximum atomic E-state index is 12.3. The maximum absolute atomic E-state index is 12.3. The Morgan fingerprint density at radius 1 is 1.09 bits per heavy atom. The molecule has 35 heavy (non-hydrogen) atoms. The number of furan rings is 1. The number of rotatable bonds is 8. The van der Waals surface area contributed by atoms with Crippen LogP contribution in [0.1, 0.15) is 21.7 Å². The first kappa shape index (κ1) is 24.3. The molecule has 178 valence electrons. The van der Waals surface area contributed by atoms with Gasteiger partial charge in [0.1, 0.15) is 5.58 Å². The summed E-state index contributed by atoms with van der Waals surface area (Å²) in [7, 11) is 1.51. The number of methoxy groups -OCH3 is 1. The molecule has 4 rings (SSSR count). The Hall–Kier alpha value is -3.86. The van der Waals surface area contributed by atoms with Gasteiger partial charge in [0.2, 0.25) is 0 Å². The van der Waals surface area contributed by atoms with Crippen LogP contribution in [-0.2, 0) is 4.79 Å². The van der Waals surface area contributed by atoms with Gasteiger partial charge in [0, 0.05) is 11.1 Å².